The van der Waals surface area contributed by atoms with Crippen molar-refractivity contribution in [2.75, 3.05) is 14.2 Å². The number of allylic oxidation sites excluding steroid dienone is 1. The molecule has 1 aliphatic carbocycles. The summed E-state index contributed by atoms with van der Waals surface area (Å²) in [5, 5.41) is 0. The summed E-state index contributed by atoms with van der Waals surface area (Å²) < 4.78 is 5.14. The van der Waals surface area contributed by atoms with Crippen molar-refractivity contribution in [1.82, 2.24) is 4.90 Å². The Hall–Kier alpha value is -2.43. The van der Waals surface area contributed by atoms with Crippen molar-refractivity contribution in [3.63, 3.8) is 0 Å². The van der Waals surface area contributed by atoms with Crippen molar-refractivity contribution < 1.29 is 14.3 Å². The molecule has 0 aromatic heterocycles. The van der Waals surface area contributed by atoms with Gasteiger partial charge in [0.1, 0.15) is 11.6 Å². The smallest absolute Gasteiger partial charge is 0.235 e. The van der Waals surface area contributed by atoms with E-state index in [2.05, 4.69) is 11.9 Å². The predicted molar refractivity (Wildman–Crippen MR) is 133 cm³/mol. The van der Waals surface area contributed by atoms with Gasteiger partial charge in [-0.2, -0.15) is 0 Å². The van der Waals surface area contributed by atoms with Crippen LogP contribution in [0.3, 0.4) is 0 Å². The number of nitrogens with zero attached hydrogens (tertiary/aromatic N) is 2. The molecule has 2 aliphatic rings. The van der Waals surface area contributed by atoms with E-state index in [4.69, 9.17) is 4.74 Å². The van der Waals surface area contributed by atoms with Gasteiger partial charge >= 0.3 is 0 Å². The van der Waals surface area contributed by atoms with Crippen LogP contribution in [0, 0.1) is 5.92 Å². The molecular formula is C27H42N2O3. The van der Waals surface area contributed by atoms with Crippen LogP contribution in [-0.2, 0) is 16.0 Å². The van der Waals surface area contributed by atoms with Gasteiger partial charge in [0, 0.05) is 18.3 Å². The summed E-state index contributed by atoms with van der Waals surface area (Å²) in [6, 6.07) is 7.91. The number of aryl methyl sites for hydroxylation is 1. The summed E-state index contributed by atoms with van der Waals surface area (Å²) in [4.78, 5) is 29.5. The summed E-state index contributed by atoms with van der Waals surface area (Å²) in [6.07, 6.45) is 8.98. The van der Waals surface area contributed by atoms with Gasteiger partial charge in [-0.05, 0) is 50.3 Å². The molecule has 32 heavy (non-hydrogen) atoms. The van der Waals surface area contributed by atoms with Gasteiger partial charge in [0.05, 0.1) is 13.5 Å². The van der Waals surface area contributed by atoms with E-state index in [1.165, 1.54) is 42.6 Å². The van der Waals surface area contributed by atoms with Crippen LogP contribution in [0.5, 0.6) is 5.75 Å². The monoisotopic (exact) mass is 442 g/mol. The standard InChI is InChI=1S/C18H22N2O3.C7H14.C2H6/c1-12(5-6-14-7-9-15(23-4)10-8-14)19-18-13(2)16(21)11-17(22)20(18)3;1-7-5-3-2-4-6-7;1-2/h7-10H,5-6,11H2,1-4H3;7H,2-6H2,1H3;1-2H3/b19-12-;;. The minimum Gasteiger partial charge on any atom is -0.497 e. The fraction of sp³-hybridized carbons (Fsp3) is 0.593. The molecule has 1 fully saturated rings. The number of ether oxygens (including phenoxy) is 1. The molecule has 3 rings (SSSR count). The van der Waals surface area contributed by atoms with Crippen molar-refractivity contribution in [2.24, 2.45) is 10.9 Å². The molecule has 5 nitrogen and oxygen atoms in total. The number of methoxy groups -OCH3 is 1. The molecule has 0 saturated heterocycles. The molecule has 0 unspecified atom stereocenters. The highest BCUT2D eigenvalue weighted by atomic mass is 16.5. The first kappa shape index (κ1) is 27.6. The maximum atomic E-state index is 11.8. The first-order valence-electron chi connectivity index (χ1n) is 12.0. The van der Waals surface area contributed by atoms with E-state index >= 15 is 0 Å². The highest BCUT2D eigenvalue weighted by molar-refractivity contribution is 6.10. The Bertz CT molecular complexity index is 788. The highest BCUT2D eigenvalue weighted by Crippen LogP contribution is 2.22. The number of aliphatic imine (C=N–C) groups is 1. The third kappa shape index (κ3) is 8.97. The molecule has 0 radical (unpaired) electrons. The molecule has 1 saturated carbocycles. The van der Waals surface area contributed by atoms with Crippen molar-refractivity contribution in [3.05, 3.63) is 41.2 Å². The van der Waals surface area contributed by atoms with Crippen molar-refractivity contribution in [3.8, 4) is 5.75 Å². The lowest BCUT2D eigenvalue weighted by Crippen LogP contribution is -2.34. The maximum absolute atomic E-state index is 11.8. The molecule has 0 atom stereocenters. The summed E-state index contributed by atoms with van der Waals surface area (Å²) in [5.74, 6) is 1.99. The molecule has 0 N–H and O–H groups in total. The number of hydrogen-bond donors (Lipinski definition) is 0. The number of Topliss-reactive ketones (excluding diaryl/α,β-unsaturated/α-hetero) is 1. The van der Waals surface area contributed by atoms with Crippen molar-refractivity contribution >= 4 is 17.4 Å². The van der Waals surface area contributed by atoms with Gasteiger partial charge in [0.2, 0.25) is 5.91 Å². The number of hydrogen-bond acceptors (Lipinski definition) is 4. The Morgan fingerprint density at radius 1 is 1.09 bits per heavy atom. The third-order valence-electron chi connectivity index (χ3n) is 5.88. The first-order chi connectivity index (χ1) is 15.3. The van der Waals surface area contributed by atoms with E-state index in [0.29, 0.717) is 11.4 Å². The number of rotatable bonds is 5. The topological polar surface area (TPSA) is 59.0 Å². The summed E-state index contributed by atoms with van der Waals surface area (Å²) in [6.45, 7) is 10.0. The van der Waals surface area contributed by atoms with Crippen LogP contribution in [0.15, 0.2) is 40.7 Å². The second-order valence-electron chi connectivity index (χ2n) is 8.44. The van der Waals surface area contributed by atoms with Crippen molar-refractivity contribution in [1.29, 1.82) is 0 Å². The third-order valence-corrected chi connectivity index (χ3v) is 5.88. The maximum Gasteiger partial charge on any atom is 0.235 e. The van der Waals surface area contributed by atoms with E-state index in [1.807, 2.05) is 45.0 Å². The molecule has 1 heterocycles. The van der Waals surface area contributed by atoms with E-state index in [1.54, 1.807) is 21.1 Å². The average Bonchev–Trinajstić information content (AvgIpc) is 2.82. The molecular weight excluding hydrogens is 400 g/mol. The number of ketones is 1. The molecule has 0 bridgehead atoms. The quantitative estimate of drug-likeness (QED) is 0.393. The molecule has 1 aromatic carbocycles. The SMILES string of the molecule is CC.CC1CCCCC1.COc1ccc(CC/C(C)=N\C2=C(C)C(=O)CC(=O)N2C)cc1. The molecule has 1 aromatic rings. The van der Waals surface area contributed by atoms with Gasteiger partial charge < -0.3 is 4.74 Å². The lowest BCUT2D eigenvalue weighted by atomic mass is 9.91. The van der Waals surface area contributed by atoms with E-state index in [0.717, 1.165) is 30.2 Å². The van der Waals surface area contributed by atoms with Gasteiger partial charge in [0.25, 0.3) is 0 Å². The van der Waals surface area contributed by atoms with Crippen LogP contribution in [0.1, 0.15) is 85.1 Å². The van der Waals surface area contributed by atoms with Crippen LogP contribution in [-0.4, -0.2) is 36.5 Å². The second kappa shape index (κ2) is 14.6. The zero-order valence-corrected chi connectivity index (χ0v) is 21.2. The minimum absolute atomic E-state index is 0.0632. The van der Waals surface area contributed by atoms with E-state index in [9.17, 15) is 9.59 Å². The Kier molecular flexibility index (Phi) is 12.6. The predicted octanol–water partition coefficient (Wildman–Crippen LogP) is 6.36. The van der Waals surface area contributed by atoms with Gasteiger partial charge in [-0.15, -0.1) is 0 Å². The molecule has 1 aliphatic heterocycles. The Morgan fingerprint density at radius 3 is 2.19 bits per heavy atom. The summed E-state index contributed by atoms with van der Waals surface area (Å²) >= 11 is 0. The Morgan fingerprint density at radius 2 is 1.69 bits per heavy atom. The van der Waals surface area contributed by atoms with Crippen LogP contribution < -0.4 is 4.74 Å². The summed E-state index contributed by atoms with van der Waals surface area (Å²) in [5.41, 5.74) is 2.63. The number of amides is 1. The number of carbonyl (C=O) groups excluding carboxylic acids is 2. The molecule has 0 spiro atoms. The normalized spacial score (nSPS) is 17.3. The average molecular weight is 443 g/mol. The first-order valence-corrected chi connectivity index (χ1v) is 12.0. The fourth-order valence-corrected chi connectivity index (χ4v) is 3.70. The van der Waals surface area contributed by atoms with Crippen LogP contribution in [0.25, 0.3) is 0 Å². The van der Waals surface area contributed by atoms with Crippen molar-refractivity contribution in [2.45, 2.75) is 86.0 Å². The lowest BCUT2D eigenvalue weighted by Gasteiger charge is -2.24. The zero-order chi connectivity index (χ0) is 24.1. The van der Waals surface area contributed by atoms with Crippen LogP contribution in [0.4, 0.5) is 0 Å². The van der Waals surface area contributed by atoms with Gasteiger partial charge in [-0.3, -0.25) is 14.5 Å². The van der Waals surface area contributed by atoms with E-state index < -0.39 is 0 Å². The van der Waals surface area contributed by atoms with Gasteiger partial charge in [-0.25, -0.2) is 4.99 Å². The Labute approximate surface area is 194 Å². The highest BCUT2D eigenvalue weighted by Gasteiger charge is 2.27. The van der Waals surface area contributed by atoms with Gasteiger partial charge in [-0.1, -0.05) is 65.0 Å². The minimum atomic E-state index is -0.206. The molecule has 1 amide bonds. The molecule has 5 heteroatoms. The van der Waals surface area contributed by atoms with Crippen LogP contribution in [0.2, 0.25) is 0 Å². The number of carbonyl (C=O) groups is 2. The fourth-order valence-electron chi connectivity index (χ4n) is 3.70. The largest absolute Gasteiger partial charge is 0.497 e. The van der Waals surface area contributed by atoms with Gasteiger partial charge in [0.15, 0.2) is 5.78 Å². The number of benzene rings is 1. The van der Waals surface area contributed by atoms with E-state index in [-0.39, 0.29) is 18.1 Å². The molecule has 178 valence electrons. The Balaban J connectivity index is 0.000000477. The summed E-state index contributed by atoms with van der Waals surface area (Å²) in [7, 11) is 3.30. The van der Waals surface area contributed by atoms with Crippen LogP contribution >= 0.6 is 0 Å². The lowest BCUT2D eigenvalue weighted by molar-refractivity contribution is -0.133. The second-order valence-corrected chi connectivity index (χ2v) is 8.44. The zero-order valence-electron chi connectivity index (χ0n) is 21.2.